The third-order valence-corrected chi connectivity index (χ3v) is 10.3. The minimum absolute atomic E-state index is 0.0199. The molecule has 7 amide bonds. The fraction of sp³-hybridized carbons (Fsp3) is 0.432. The summed E-state index contributed by atoms with van der Waals surface area (Å²) in [6.07, 6.45) is 1.59. The van der Waals surface area contributed by atoms with E-state index < -0.39 is 84.2 Å². The summed E-state index contributed by atoms with van der Waals surface area (Å²) in [5.41, 5.74) is 2.24. The van der Waals surface area contributed by atoms with Gasteiger partial charge in [0.25, 0.3) is 0 Å². The van der Waals surface area contributed by atoms with Gasteiger partial charge in [-0.2, -0.15) is 0 Å². The first-order valence-corrected chi connectivity index (χ1v) is 20.4. The second kappa shape index (κ2) is 23.2. The van der Waals surface area contributed by atoms with Crippen LogP contribution >= 0.6 is 0 Å². The smallest absolute Gasteiger partial charge is 0.326 e. The van der Waals surface area contributed by atoms with Crippen LogP contribution in [0.4, 0.5) is 4.79 Å². The van der Waals surface area contributed by atoms with E-state index in [9.17, 15) is 48.9 Å². The Balaban J connectivity index is 1.60. The maximum Gasteiger partial charge on any atom is 0.326 e. The van der Waals surface area contributed by atoms with Crippen LogP contribution in [-0.2, 0) is 48.0 Å². The second-order valence-corrected chi connectivity index (χ2v) is 15.6. The molecule has 1 aliphatic rings. The molecule has 3 aromatic rings. The molecule has 61 heavy (non-hydrogen) atoms. The standard InChI is InChI=1S/C44H57N7O10/c1-27(2)38-41(57)47-35(23-17-29-14-20-32(53)21-15-29)42(58)51(3)26-37(54)46-34(22-16-28-12-18-31(52)19-13-28)39(55)45-24-8-7-11-33(40(56)50-38)48-44(61)49-36(43(59)60)25-30-9-5-4-6-10-30/h4-6,9-10,12-15,18-21,27,33-36,38,52-53H,7-8,11,16-17,22-26H2,1-3H3,(H,45,55)(H,46,54)(H,47,57)(H,50,56)(H,59,60)(H2,48,49,61). The highest BCUT2D eigenvalue weighted by Gasteiger charge is 2.33. The monoisotopic (exact) mass is 843 g/mol. The van der Waals surface area contributed by atoms with Crippen LogP contribution in [0.2, 0.25) is 0 Å². The maximum atomic E-state index is 14.0. The number of aliphatic carboxylic acids is 1. The van der Waals surface area contributed by atoms with E-state index in [0.29, 0.717) is 24.8 Å². The van der Waals surface area contributed by atoms with Gasteiger partial charge in [-0.05, 0) is 91.8 Å². The van der Waals surface area contributed by atoms with Crippen molar-refractivity contribution in [3.8, 4) is 11.5 Å². The summed E-state index contributed by atoms with van der Waals surface area (Å²) in [5.74, 6) is -4.78. The zero-order valence-electron chi connectivity index (χ0n) is 34.7. The van der Waals surface area contributed by atoms with Gasteiger partial charge in [-0.15, -0.1) is 0 Å². The van der Waals surface area contributed by atoms with Gasteiger partial charge in [0.15, 0.2) is 0 Å². The number of nitrogens with one attached hydrogen (secondary N) is 6. The number of amides is 7. The lowest BCUT2D eigenvalue weighted by molar-refractivity contribution is -0.139. The number of aryl methyl sites for hydroxylation is 2. The van der Waals surface area contributed by atoms with Crippen LogP contribution in [0.5, 0.6) is 11.5 Å². The molecule has 0 saturated carbocycles. The molecule has 1 fully saturated rings. The van der Waals surface area contributed by atoms with Crippen molar-refractivity contribution < 1.29 is 48.9 Å². The van der Waals surface area contributed by atoms with Gasteiger partial charge in [0.2, 0.25) is 29.5 Å². The average Bonchev–Trinajstić information content (AvgIpc) is 3.22. The van der Waals surface area contributed by atoms with Gasteiger partial charge < -0.3 is 52.1 Å². The van der Waals surface area contributed by atoms with E-state index in [0.717, 1.165) is 16.0 Å². The predicted octanol–water partition coefficient (Wildman–Crippen LogP) is 1.90. The van der Waals surface area contributed by atoms with Crippen LogP contribution in [-0.4, -0.2) is 112 Å². The molecule has 17 nitrogen and oxygen atoms in total. The number of phenolic OH excluding ortho intramolecular Hbond substituents is 2. The Labute approximate surface area is 355 Å². The lowest BCUT2D eigenvalue weighted by atomic mass is 9.99. The molecule has 4 rings (SSSR count). The van der Waals surface area contributed by atoms with Crippen LogP contribution in [0.15, 0.2) is 78.9 Å². The van der Waals surface area contributed by atoms with E-state index in [2.05, 4.69) is 31.9 Å². The lowest BCUT2D eigenvalue weighted by Gasteiger charge is -2.29. The zero-order chi connectivity index (χ0) is 44.5. The number of carboxylic acid groups (broad SMARTS) is 1. The number of carboxylic acids is 1. The number of benzene rings is 3. The molecular formula is C44H57N7O10. The molecule has 0 bridgehead atoms. The van der Waals surface area contributed by atoms with Crippen molar-refractivity contribution >= 4 is 41.5 Å². The minimum Gasteiger partial charge on any atom is -0.508 e. The van der Waals surface area contributed by atoms with Crippen molar-refractivity contribution in [3.05, 3.63) is 95.6 Å². The topological polar surface area (TPSA) is 256 Å². The van der Waals surface area contributed by atoms with Gasteiger partial charge in [0.05, 0.1) is 6.54 Å². The van der Waals surface area contributed by atoms with E-state index in [1.54, 1.807) is 68.4 Å². The number of hydrogen-bond acceptors (Lipinski definition) is 9. The van der Waals surface area contributed by atoms with Crippen molar-refractivity contribution in [2.24, 2.45) is 5.92 Å². The van der Waals surface area contributed by atoms with E-state index in [4.69, 9.17) is 0 Å². The Morgan fingerprint density at radius 3 is 1.90 bits per heavy atom. The molecule has 5 atom stereocenters. The lowest BCUT2D eigenvalue weighted by Crippen LogP contribution is -2.59. The summed E-state index contributed by atoms with van der Waals surface area (Å²) in [6.45, 7) is 3.09. The van der Waals surface area contributed by atoms with Crippen molar-refractivity contribution in [1.29, 1.82) is 0 Å². The van der Waals surface area contributed by atoms with Crippen molar-refractivity contribution in [3.63, 3.8) is 0 Å². The quantitative estimate of drug-likeness (QED) is 0.128. The predicted molar refractivity (Wildman–Crippen MR) is 225 cm³/mol. The SMILES string of the molecule is CC(C)C1NC(=O)C(NC(=O)NC(Cc2ccccc2)C(=O)O)CCCCNC(=O)C(CCc2ccc(O)cc2)NC(=O)CN(C)C(=O)C(CCc2ccc(O)cc2)NC1=O. The minimum atomic E-state index is -1.32. The Morgan fingerprint density at radius 2 is 1.33 bits per heavy atom. The molecule has 9 N–H and O–H groups in total. The van der Waals surface area contributed by atoms with Crippen molar-refractivity contribution in [2.75, 3.05) is 20.1 Å². The van der Waals surface area contributed by atoms with Crippen LogP contribution < -0.4 is 31.9 Å². The summed E-state index contributed by atoms with van der Waals surface area (Å²) >= 11 is 0. The van der Waals surface area contributed by atoms with Gasteiger partial charge in [0, 0.05) is 20.0 Å². The van der Waals surface area contributed by atoms with E-state index in [-0.39, 0.29) is 50.1 Å². The average molecular weight is 844 g/mol. The number of aromatic hydroxyl groups is 2. The highest BCUT2D eigenvalue weighted by atomic mass is 16.4. The zero-order valence-corrected chi connectivity index (χ0v) is 34.7. The summed E-state index contributed by atoms with van der Waals surface area (Å²) in [6, 6.07) is 14.6. The Morgan fingerprint density at radius 1 is 0.738 bits per heavy atom. The Bertz CT molecular complexity index is 1960. The third kappa shape index (κ3) is 15.5. The largest absolute Gasteiger partial charge is 0.508 e. The van der Waals surface area contributed by atoms with Crippen molar-refractivity contribution in [2.45, 2.75) is 95.4 Å². The second-order valence-electron chi connectivity index (χ2n) is 15.6. The molecule has 0 spiro atoms. The van der Waals surface area contributed by atoms with Crippen LogP contribution in [0, 0.1) is 5.92 Å². The van der Waals surface area contributed by atoms with Crippen LogP contribution in [0.1, 0.15) is 62.6 Å². The Hall–Kier alpha value is -6.65. The molecule has 17 heteroatoms. The Kier molecular flexibility index (Phi) is 17.9. The third-order valence-electron chi connectivity index (χ3n) is 10.3. The fourth-order valence-corrected chi connectivity index (χ4v) is 6.81. The maximum absolute atomic E-state index is 14.0. The first-order chi connectivity index (χ1) is 29.1. The number of hydrogen-bond donors (Lipinski definition) is 9. The van der Waals surface area contributed by atoms with E-state index in [1.165, 1.54) is 31.3 Å². The molecule has 328 valence electrons. The summed E-state index contributed by atoms with van der Waals surface area (Å²) in [5, 5.41) is 45.4. The normalized spacial score (nSPS) is 20.5. The molecule has 1 saturated heterocycles. The molecular weight excluding hydrogens is 787 g/mol. The molecule has 5 unspecified atom stereocenters. The molecule has 3 aromatic carbocycles. The number of phenols is 2. The van der Waals surface area contributed by atoms with Gasteiger partial charge in [-0.25, -0.2) is 9.59 Å². The number of likely N-dealkylation sites (N-methyl/N-ethyl adjacent to an activating group) is 1. The summed E-state index contributed by atoms with van der Waals surface area (Å²) in [4.78, 5) is 95.5. The first kappa shape index (κ1) is 47.0. The number of carbonyl (C=O) groups excluding carboxylic acids is 6. The molecule has 1 aliphatic heterocycles. The van der Waals surface area contributed by atoms with Crippen LogP contribution in [0.3, 0.4) is 0 Å². The highest BCUT2D eigenvalue weighted by molar-refractivity contribution is 5.96. The number of carbonyl (C=O) groups is 7. The molecule has 0 aromatic heterocycles. The molecule has 1 heterocycles. The highest BCUT2D eigenvalue weighted by Crippen LogP contribution is 2.16. The number of nitrogens with zero attached hydrogens (tertiary/aromatic N) is 1. The van der Waals surface area contributed by atoms with Gasteiger partial charge in [0.1, 0.15) is 41.7 Å². The van der Waals surface area contributed by atoms with E-state index in [1.807, 2.05) is 0 Å². The molecule has 0 aliphatic carbocycles. The van der Waals surface area contributed by atoms with E-state index >= 15 is 0 Å². The number of urea groups is 1. The number of rotatable bonds is 12. The first-order valence-electron chi connectivity index (χ1n) is 20.4. The van der Waals surface area contributed by atoms with Gasteiger partial charge >= 0.3 is 12.0 Å². The fourth-order valence-electron chi connectivity index (χ4n) is 6.81. The molecule has 0 radical (unpaired) electrons. The van der Waals surface area contributed by atoms with Crippen LogP contribution in [0.25, 0.3) is 0 Å². The van der Waals surface area contributed by atoms with Crippen molar-refractivity contribution in [1.82, 2.24) is 36.8 Å². The summed E-state index contributed by atoms with van der Waals surface area (Å²) in [7, 11) is 1.40. The summed E-state index contributed by atoms with van der Waals surface area (Å²) < 4.78 is 0. The van der Waals surface area contributed by atoms with Gasteiger partial charge in [-0.1, -0.05) is 68.4 Å². The van der Waals surface area contributed by atoms with Gasteiger partial charge in [-0.3, -0.25) is 24.0 Å².